The molecule has 0 amide bonds. The van der Waals surface area contributed by atoms with Crippen molar-refractivity contribution in [1.82, 2.24) is 0 Å². The maximum absolute atomic E-state index is 4.45. The molecule has 0 saturated carbocycles. The summed E-state index contributed by atoms with van der Waals surface area (Å²) in [6.45, 7) is 6.71. The molecule has 2 aromatic carbocycles. The van der Waals surface area contributed by atoms with Gasteiger partial charge in [0.1, 0.15) is 0 Å². The van der Waals surface area contributed by atoms with Crippen LogP contribution in [0.15, 0.2) is 60.7 Å². The lowest BCUT2D eigenvalue weighted by Gasteiger charge is -2.30. The number of allylic oxidation sites excluding steroid dienone is 1. The molecular formula is C21H24. The Balaban J connectivity index is 1.96. The summed E-state index contributed by atoms with van der Waals surface area (Å²) in [5, 5.41) is 0. The Kier molecular flexibility index (Phi) is 4.24. The second-order valence-electron chi connectivity index (χ2n) is 6.12. The summed E-state index contributed by atoms with van der Waals surface area (Å²) >= 11 is 0. The molecule has 0 spiro atoms. The summed E-state index contributed by atoms with van der Waals surface area (Å²) in [5.41, 5.74) is 7.26. The maximum atomic E-state index is 4.45. The predicted octanol–water partition coefficient (Wildman–Crippen LogP) is 5.86. The van der Waals surface area contributed by atoms with Crippen LogP contribution in [0.3, 0.4) is 0 Å². The average Bonchev–Trinajstić information content (AvgIpc) is 2.52. The highest BCUT2D eigenvalue weighted by molar-refractivity contribution is 5.53. The van der Waals surface area contributed by atoms with E-state index in [0.717, 1.165) is 12.8 Å². The minimum absolute atomic E-state index is 0.392. The van der Waals surface area contributed by atoms with Crippen LogP contribution in [0.5, 0.6) is 0 Å². The van der Waals surface area contributed by atoms with E-state index < -0.39 is 0 Å². The van der Waals surface area contributed by atoms with E-state index in [1.54, 1.807) is 0 Å². The van der Waals surface area contributed by atoms with E-state index in [-0.39, 0.29) is 0 Å². The van der Waals surface area contributed by atoms with Crippen LogP contribution in [-0.4, -0.2) is 0 Å². The lowest BCUT2D eigenvalue weighted by molar-refractivity contribution is 0.686. The first-order valence-corrected chi connectivity index (χ1v) is 8.14. The van der Waals surface area contributed by atoms with Crippen LogP contribution in [0.2, 0.25) is 0 Å². The summed E-state index contributed by atoms with van der Waals surface area (Å²) in [7, 11) is 0. The SMILES string of the molecule is C=C(CCCCC)C1c2ccccc2Cc2ccccc21. The van der Waals surface area contributed by atoms with Gasteiger partial charge < -0.3 is 0 Å². The van der Waals surface area contributed by atoms with Gasteiger partial charge in [0.25, 0.3) is 0 Å². The fourth-order valence-electron chi connectivity index (χ4n) is 3.51. The van der Waals surface area contributed by atoms with Crippen molar-refractivity contribution < 1.29 is 0 Å². The lowest BCUT2D eigenvalue weighted by Crippen LogP contribution is -2.15. The van der Waals surface area contributed by atoms with E-state index in [1.807, 2.05) is 0 Å². The highest BCUT2D eigenvalue weighted by Crippen LogP contribution is 2.41. The summed E-state index contributed by atoms with van der Waals surface area (Å²) in [6, 6.07) is 17.8. The third-order valence-electron chi connectivity index (χ3n) is 4.62. The van der Waals surface area contributed by atoms with Crippen LogP contribution < -0.4 is 0 Å². The van der Waals surface area contributed by atoms with Gasteiger partial charge in [-0.05, 0) is 41.5 Å². The number of unbranched alkanes of at least 4 members (excludes halogenated alkanes) is 2. The lowest BCUT2D eigenvalue weighted by atomic mass is 9.74. The second-order valence-corrected chi connectivity index (χ2v) is 6.12. The van der Waals surface area contributed by atoms with Crippen LogP contribution in [0.4, 0.5) is 0 Å². The molecule has 0 N–H and O–H groups in total. The highest BCUT2D eigenvalue weighted by atomic mass is 14.3. The van der Waals surface area contributed by atoms with Crippen molar-refractivity contribution in [2.75, 3.05) is 0 Å². The molecule has 0 bridgehead atoms. The minimum atomic E-state index is 0.392. The van der Waals surface area contributed by atoms with Gasteiger partial charge in [0, 0.05) is 5.92 Å². The van der Waals surface area contributed by atoms with E-state index in [1.165, 1.54) is 47.1 Å². The summed E-state index contributed by atoms with van der Waals surface area (Å²) in [5.74, 6) is 0.392. The molecule has 0 heterocycles. The van der Waals surface area contributed by atoms with Crippen molar-refractivity contribution in [1.29, 1.82) is 0 Å². The molecule has 0 radical (unpaired) electrons. The van der Waals surface area contributed by atoms with Gasteiger partial charge in [-0.3, -0.25) is 0 Å². The number of benzene rings is 2. The van der Waals surface area contributed by atoms with Crippen molar-refractivity contribution in [2.24, 2.45) is 0 Å². The molecule has 108 valence electrons. The van der Waals surface area contributed by atoms with E-state index >= 15 is 0 Å². The van der Waals surface area contributed by atoms with Crippen molar-refractivity contribution in [3.63, 3.8) is 0 Å². The molecule has 1 aliphatic rings. The summed E-state index contributed by atoms with van der Waals surface area (Å²) < 4.78 is 0. The van der Waals surface area contributed by atoms with Crippen molar-refractivity contribution in [3.8, 4) is 0 Å². The molecule has 1 aliphatic carbocycles. The Morgan fingerprint density at radius 1 is 0.952 bits per heavy atom. The molecule has 0 nitrogen and oxygen atoms in total. The number of hydrogen-bond acceptors (Lipinski definition) is 0. The fourth-order valence-corrected chi connectivity index (χ4v) is 3.51. The second kappa shape index (κ2) is 6.30. The van der Waals surface area contributed by atoms with Gasteiger partial charge in [0.2, 0.25) is 0 Å². The zero-order valence-electron chi connectivity index (χ0n) is 12.9. The van der Waals surface area contributed by atoms with Crippen molar-refractivity contribution in [2.45, 2.75) is 44.9 Å². The monoisotopic (exact) mass is 276 g/mol. The summed E-state index contributed by atoms with van der Waals surface area (Å²) in [6.07, 6.45) is 6.03. The third-order valence-corrected chi connectivity index (χ3v) is 4.62. The molecule has 0 aromatic heterocycles. The zero-order chi connectivity index (χ0) is 14.7. The smallest absolute Gasteiger partial charge is 0.0302 e. The van der Waals surface area contributed by atoms with Gasteiger partial charge in [0.05, 0.1) is 0 Å². The van der Waals surface area contributed by atoms with E-state index in [9.17, 15) is 0 Å². The predicted molar refractivity (Wildman–Crippen MR) is 90.8 cm³/mol. The molecule has 0 aliphatic heterocycles. The van der Waals surface area contributed by atoms with Gasteiger partial charge in [-0.2, -0.15) is 0 Å². The van der Waals surface area contributed by atoms with Crippen LogP contribution in [0.1, 0.15) is 60.8 Å². The number of fused-ring (bicyclic) bond motifs is 2. The molecule has 0 saturated heterocycles. The maximum Gasteiger partial charge on any atom is 0.0302 e. The first-order valence-electron chi connectivity index (χ1n) is 8.14. The molecule has 21 heavy (non-hydrogen) atoms. The molecule has 0 fully saturated rings. The van der Waals surface area contributed by atoms with Gasteiger partial charge in [0.15, 0.2) is 0 Å². The Bertz CT molecular complexity index is 590. The normalized spacial score (nSPS) is 13.6. The standard InChI is InChI=1S/C21H24/c1-3-4-5-10-16(2)21-19-13-8-6-11-17(19)15-18-12-7-9-14-20(18)21/h6-9,11-14,21H,2-5,10,15H2,1H3. The Hall–Kier alpha value is -1.82. The van der Waals surface area contributed by atoms with Crippen LogP contribution in [0, 0.1) is 0 Å². The van der Waals surface area contributed by atoms with Gasteiger partial charge in [-0.1, -0.05) is 80.4 Å². The minimum Gasteiger partial charge on any atom is -0.0989 e. The topological polar surface area (TPSA) is 0 Å². The van der Waals surface area contributed by atoms with E-state index in [0.29, 0.717) is 5.92 Å². The number of rotatable bonds is 5. The van der Waals surface area contributed by atoms with Crippen LogP contribution >= 0.6 is 0 Å². The van der Waals surface area contributed by atoms with Crippen LogP contribution in [0.25, 0.3) is 0 Å². The first kappa shape index (κ1) is 14.1. The van der Waals surface area contributed by atoms with E-state index in [4.69, 9.17) is 0 Å². The van der Waals surface area contributed by atoms with Crippen LogP contribution in [-0.2, 0) is 6.42 Å². The third kappa shape index (κ3) is 2.81. The quantitative estimate of drug-likeness (QED) is 0.474. The largest absolute Gasteiger partial charge is 0.0989 e. The van der Waals surface area contributed by atoms with E-state index in [2.05, 4.69) is 62.0 Å². The molecule has 0 atom stereocenters. The van der Waals surface area contributed by atoms with Crippen molar-refractivity contribution in [3.05, 3.63) is 82.9 Å². The zero-order valence-corrected chi connectivity index (χ0v) is 12.9. The van der Waals surface area contributed by atoms with Crippen molar-refractivity contribution >= 4 is 0 Å². The fraction of sp³-hybridized carbons (Fsp3) is 0.333. The highest BCUT2D eigenvalue weighted by Gasteiger charge is 2.26. The summed E-state index contributed by atoms with van der Waals surface area (Å²) in [4.78, 5) is 0. The average molecular weight is 276 g/mol. The molecule has 0 unspecified atom stereocenters. The van der Waals surface area contributed by atoms with Gasteiger partial charge >= 0.3 is 0 Å². The first-order chi connectivity index (χ1) is 10.3. The number of hydrogen-bond donors (Lipinski definition) is 0. The Morgan fingerprint density at radius 2 is 1.52 bits per heavy atom. The molecular weight excluding hydrogens is 252 g/mol. The van der Waals surface area contributed by atoms with Gasteiger partial charge in [-0.15, -0.1) is 0 Å². The Labute approximate surface area is 128 Å². The van der Waals surface area contributed by atoms with Gasteiger partial charge in [-0.25, -0.2) is 0 Å². The Morgan fingerprint density at radius 3 is 2.10 bits per heavy atom. The molecule has 2 aromatic rings. The molecule has 0 heteroatoms. The molecule has 3 rings (SSSR count).